The van der Waals surface area contributed by atoms with E-state index >= 15 is 0 Å². The Hall–Kier alpha value is -2.04. The summed E-state index contributed by atoms with van der Waals surface area (Å²) in [7, 11) is 3.92. The topological polar surface area (TPSA) is 52.7 Å². The van der Waals surface area contributed by atoms with E-state index in [-0.39, 0.29) is 11.8 Å². The monoisotopic (exact) mass is 261 g/mol. The minimum atomic E-state index is -0.478. The van der Waals surface area contributed by atoms with Crippen molar-refractivity contribution in [1.29, 1.82) is 0 Å². The van der Waals surface area contributed by atoms with Crippen LogP contribution in [0.1, 0.15) is 13.8 Å². The Bertz CT molecular complexity index is 496. The molecule has 1 aromatic rings. The van der Waals surface area contributed by atoms with E-state index in [1.807, 2.05) is 43.3 Å². The Morgan fingerprint density at radius 1 is 1.11 bits per heavy atom. The number of carbonyl (C=O) groups excluding carboxylic acids is 2. The second kappa shape index (κ2) is 4.91. The molecule has 0 bridgehead atoms. The highest BCUT2D eigenvalue weighted by Gasteiger charge is 2.36. The van der Waals surface area contributed by atoms with Crippen molar-refractivity contribution >= 4 is 23.2 Å². The van der Waals surface area contributed by atoms with Crippen molar-refractivity contribution in [2.45, 2.75) is 25.9 Å². The zero-order valence-corrected chi connectivity index (χ0v) is 11.7. The molecular formula is C14H19N3O2. The first-order chi connectivity index (χ1) is 8.91. The molecule has 1 aliphatic heterocycles. The van der Waals surface area contributed by atoms with Gasteiger partial charge < -0.3 is 10.2 Å². The first kappa shape index (κ1) is 13.4. The lowest BCUT2D eigenvalue weighted by molar-refractivity contribution is -0.133. The molecule has 5 heteroatoms. The summed E-state index contributed by atoms with van der Waals surface area (Å²) in [6.45, 7) is 3.44. The van der Waals surface area contributed by atoms with Crippen molar-refractivity contribution < 1.29 is 9.59 Å². The summed E-state index contributed by atoms with van der Waals surface area (Å²) in [6.07, 6.45) is 0. The van der Waals surface area contributed by atoms with Crippen molar-refractivity contribution in [2.24, 2.45) is 0 Å². The fraction of sp³-hybridized carbons (Fsp3) is 0.429. The molecule has 1 aromatic carbocycles. The zero-order valence-electron chi connectivity index (χ0n) is 11.7. The van der Waals surface area contributed by atoms with Crippen LogP contribution in [0.4, 0.5) is 11.4 Å². The summed E-state index contributed by atoms with van der Waals surface area (Å²) in [6, 6.07) is 6.66. The molecule has 1 heterocycles. The van der Waals surface area contributed by atoms with E-state index in [2.05, 4.69) is 5.32 Å². The molecule has 2 rings (SSSR count). The quantitative estimate of drug-likeness (QED) is 0.864. The smallest absolute Gasteiger partial charge is 0.250 e. The molecule has 2 unspecified atom stereocenters. The predicted molar refractivity (Wildman–Crippen MR) is 75.3 cm³/mol. The maximum absolute atomic E-state index is 12.2. The molecule has 5 nitrogen and oxygen atoms in total. The Morgan fingerprint density at radius 2 is 1.68 bits per heavy atom. The van der Waals surface area contributed by atoms with Gasteiger partial charge in [0.1, 0.15) is 12.1 Å². The van der Waals surface area contributed by atoms with Gasteiger partial charge in [-0.15, -0.1) is 0 Å². The number of piperazine rings is 1. The third-order valence-electron chi connectivity index (χ3n) is 3.38. The highest BCUT2D eigenvalue weighted by Crippen LogP contribution is 2.24. The summed E-state index contributed by atoms with van der Waals surface area (Å²) in [5.41, 5.74) is 1.81. The second-order valence-electron chi connectivity index (χ2n) is 5.03. The number of rotatable bonds is 2. The number of hydrogen-bond acceptors (Lipinski definition) is 3. The summed E-state index contributed by atoms with van der Waals surface area (Å²) >= 11 is 0. The Kier molecular flexibility index (Phi) is 3.46. The maximum Gasteiger partial charge on any atom is 0.250 e. The molecule has 0 spiro atoms. The number of hydrogen-bond donors (Lipinski definition) is 1. The van der Waals surface area contributed by atoms with E-state index in [0.29, 0.717) is 0 Å². The summed E-state index contributed by atoms with van der Waals surface area (Å²) in [4.78, 5) is 27.5. The zero-order chi connectivity index (χ0) is 14.2. The van der Waals surface area contributed by atoms with Crippen molar-refractivity contribution in [3.63, 3.8) is 0 Å². The van der Waals surface area contributed by atoms with Crippen molar-refractivity contribution in [3.05, 3.63) is 24.3 Å². The number of nitrogens with one attached hydrogen (secondary N) is 1. The van der Waals surface area contributed by atoms with Gasteiger partial charge in [-0.1, -0.05) is 0 Å². The van der Waals surface area contributed by atoms with Crippen LogP contribution in [0.15, 0.2) is 24.3 Å². The second-order valence-corrected chi connectivity index (χ2v) is 5.03. The number of amides is 2. The highest BCUT2D eigenvalue weighted by atomic mass is 16.2. The number of benzene rings is 1. The van der Waals surface area contributed by atoms with Crippen LogP contribution in [0.25, 0.3) is 0 Å². The van der Waals surface area contributed by atoms with Crippen LogP contribution in [-0.4, -0.2) is 38.0 Å². The first-order valence-electron chi connectivity index (χ1n) is 6.32. The maximum atomic E-state index is 12.2. The van der Waals surface area contributed by atoms with Crippen LogP contribution in [0.5, 0.6) is 0 Å². The summed E-state index contributed by atoms with van der Waals surface area (Å²) < 4.78 is 0. The molecule has 1 saturated heterocycles. The van der Waals surface area contributed by atoms with Crippen LogP contribution >= 0.6 is 0 Å². The molecule has 19 heavy (non-hydrogen) atoms. The van der Waals surface area contributed by atoms with E-state index < -0.39 is 12.1 Å². The Labute approximate surface area is 113 Å². The third kappa shape index (κ3) is 2.41. The van der Waals surface area contributed by atoms with Crippen molar-refractivity contribution in [3.8, 4) is 0 Å². The standard InChI is InChI=1S/C14H19N3O2/c1-9-14(19)17(10(2)13(18)15-9)12-7-5-11(6-8-12)16(3)4/h5-10H,1-4H3,(H,15,18). The fourth-order valence-corrected chi connectivity index (χ4v) is 2.17. The van der Waals surface area contributed by atoms with E-state index in [4.69, 9.17) is 0 Å². The molecule has 0 aromatic heterocycles. The SMILES string of the molecule is CC1NC(=O)C(C)N(c2ccc(N(C)C)cc2)C1=O. The lowest BCUT2D eigenvalue weighted by Crippen LogP contribution is -2.61. The van der Waals surface area contributed by atoms with Crippen LogP contribution in [0.3, 0.4) is 0 Å². The lowest BCUT2D eigenvalue weighted by atomic mass is 10.1. The van der Waals surface area contributed by atoms with Gasteiger partial charge >= 0.3 is 0 Å². The van der Waals surface area contributed by atoms with E-state index in [9.17, 15) is 9.59 Å². The van der Waals surface area contributed by atoms with Crippen LogP contribution < -0.4 is 15.1 Å². The van der Waals surface area contributed by atoms with Gasteiger partial charge in [-0.3, -0.25) is 14.5 Å². The van der Waals surface area contributed by atoms with Crippen molar-refractivity contribution in [1.82, 2.24) is 5.32 Å². The molecule has 102 valence electrons. The number of nitrogens with zero attached hydrogens (tertiary/aromatic N) is 2. The normalized spacial score (nSPS) is 23.3. The van der Waals surface area contributed by atoms with Crippen molar-refractivity contribution in [2.75, 3.05) is 23.9 Å². The van der Waals surface area contributed by atoms with E-state index in [0.717, 1.165) is 11.4 Å². The molecule has 1 N–H and O–H groups in total. The van der Waals surface area contributed by atoms with Gasteiger partial charge in [-0.05, 0) is 38.1 Å². The van der Waals surface area contributed by atoms with E-state index in [1.54, 1.807) is 18.7 Å². The minimum absolute atomic E-state index is 0.0790. The molecule has 0 radical (unpaired) electrons. The number of carbonyl (C=O) groups is 2. The number of anilines is 2. The molecule has 0 saturated carbocycles. The van der Waals surface area contributed by atoms with Gasteiger partial charge in [-0.25, -0.2) is 0 Å². The van der Waals surface area contributed by atoms with Gasteiger partial charge in [0.25, 0.3) is 0 Å². The first-order valence-corrected chi connectivity index (χ1v) is 6.32. The summed E-state index contributed by atoms with van der Waals surface area (Å²) in [5, 5.41) is 2.67. The summed E-state index contributed by atoms with van der Waals surface area (Å²) in [5.74, 6) is -0.200. The average Bonchev–Trinajstić information content (AvgIpc) is 2.37. The van der Waals surface area contributed by atoms with Crippen LogP contribution in [0, 0.1) is 0 Å². The largest absolute Gasteiger partial charge is 0.378 e. The fourth-order valence-electron chi connectivity index (χ4n) is 2.17. The molecular weight excluding hydrogens is 242 g/mol. The molecule has 2 atom stereocenters. The highest BCUT2D eigenvalue weighted by molar-refractivity contribution is 6.08. The lowest BCUT2D eigenvalue weighted by Gasteiger charge is -2.36. The molecule has 0 aliphatic carbocycles. The van der Waals surface area contributed by atoms with Gasteiger partial charge in [0, 0.05) is 25.5 Å². The molecule has 1 aliphatic rings. The van der Waals surface area contributed by atoms with E-state index in [1.165, 1.54) is 0 Å². The third-order valence-corrected chi connectivity index (χ3v) is 3.38. The predicted octanol–water partition coefficient (Wildman–Crippen LogP) is 0.992. The van der Waals surface area contributed by atoms with Gasteiger partial charge in [0.05, 0.1) is 0 Å². The Balaban J connectivity index is 2.32. The van der Waals surface area contributed by atoms with Crippen LogP contribution in [-0.2, 0) is 9.59 Å². The average molecular weight is 261 g/mol. The van der Waals surface area contributed by atoms with Gasteiger partial charge in [-0.2, -0.15) is 0 Å². The van der Waals surface area contributed by atoms with Gasteiger partial charge in [0.15, 0.2) is 0 Å². The minimum Gasteiger partial charge on any atom is -0.378 e. The van der Waals surface area contributed by atoms with Gasteiger partial charge in [0.2, 0.25) is 11.8 Å². The van der Waals surface area contributed by atoms with Crippen LogP contribution in [0.2, 0.25) is 0 Å². The molecule has 2 amide bonds. The Morgan fingerprint density at radius 3 is 2.21 bits per heavy atom. The molecule has 1 fully saturated rings.